The van der Waals surface area contributed by atoms with E-state index in [0.29, 0.717) is 42.2 Å². The van der Waals surface area contributed by atoms with E-state index < -0.39 is 10.0 Å². The molecule has 2 N–H and O–H groups in total. The number of nitrogens with one attached hydrogen (secondary N) is 2. The number of thiophene rings is 1. The van der Waals surface area contributed by atoms with Gasteiger partial charge in [0.1, 0.15) is 9.97 Å². The van der Waals surface area contributed by atoms with Crippen molar-refractivity contribution in [3.05, 3.63) is 34.4 Å². The van der Waals surface area contributed by atoms with Crippen molar-refractivity contribution in [1.82, 2.24) is 19.9 Å². The van der Waals surface area contributed by atoms with E-state index >= 15 is 0 Å². The molecule has 0 aromatic carbocycles. The molecule has 154 valence electrons. The lowest BCUT2D eigenvalue weighted by Crippen LogP contribution is -2.36. The lowest BCUT2D eigenvalue weighted by molar-refractivity contribution is 0.347. The van der Waals surface area contributed by atoms with E-state index in [1.54, 1.807) is 17.4 Å². The van der Waals surface area contributed by atoms with Crippen LogP contribution >= 0.6 is 11.3 Å². The Bertz CT molecular complexity index is 907. The summed E-state index contributed by atoms with van der Waals surface area (Å²) in [4.78, 5) is 9.44. The van der Waals surface area contributed by atoms with Crippen LogP contribution < -0.4 is 10.6 Å². The summed E-state index contributed by atoms with van der Waals surface area (Å²) in [6.45, 7) is 5.93. The highest BCUT2D eigenvalue weighted by atomic mass is 32.2. The molecular weight excluding hydrogens is 398 g/mol. The minimum absolute atomic E-state index is 0.403. The van der Waals surface area contributed by atoms with Crippen molar-refractivity contribution in [2.75, 3.05) is 20.1 Å². The van der Waals surface area contributed by atoms with E-state index in [1.807, 2.05) is 19.9 Å². The van der Waals surface area contributed by atoms with Gasteiger partial charge in [0.25, 0.3) is 10.0 Å². The van der Waals surface area contributed by atoms with E-state index in [9.17, 15) is 8.42 Å². The third kappa shape index (κ3) is 4.92. The van der Waals surface area contributed by atoms with Gasteiger partial charge < -0.3 is 15.1 Å². The molecule has 0 amide bonds. The summed E-state index contributed by atoms with van der Waals surface area (Å²) in [5.74, 6) is 2.01. The van der Waals surface area contributed by atoms with Gasteiger partial charge in [-0.3, -0.25) is 4.99 Å². The van der Waals surface area contributed by atoms with Gasteiger partial charge in [-0.15, -0.1) is 11.3 Å². The Labute approximate surface area is 170 Å². The smallest absolute Gasteiger partial charge is 0.252 e. The standard InChI is InChI=1S/C18H27N5O3S2/c1-13-14(2)26-16(22-13)12-21-18(19-3)20-11-15-7-8-17(27-15)28(24,25)23-9-5-4-6-10-23/h7-8H,4-6,9-12H2,1-3H3,(H2,19,20,21). The highest BCUT2D eigenvalue weighted by molar-refractivity contribution is 7.91. The summed E-state index contributed by atoms with van der Waals surface area (Å²) in [6, 6.07) is 3.54. The number of nitrogens with zero attached hydrogens (tertiary/aromatic N) is 3. The molecule has 2 aromatic rings. The fourth-order valence-corrected chi connectivity index (χ4v) is 5.96. The molecule has 3 rings (SSSR count). The van der Waals surface area contributed by atoms with E-state index in [4.69, 9.17) is 4.42 Å². The predicted molar refractivity (Wildman–Crippen MR) is 110 cm³/mol. The van der Waals surface area contributed by atoms with Crippen LogP contribution in [0.1, 0.15) is 41.5 Å². The quantitative estimate of drug-likeness (QED) is 0.545. The largest absolute Gasteiger partial charge is 0.444 e. The van der Waals surface area contributed by atoms with Crippen LogP contribution in [0.15, 0.2) is 25.8 Å². The second-order valence-electron chi connectivity index (χ2n) is 6.71. The van der Waals surface area contributed by atoms with Crippen molar-refractivity contribution in [2.24, 2.45) is 4.99 Å². The normalized spacial score (nSPS) is 16.3. The highest BCUT2D eigenvalue weighted by Crippen LogP contribution is 2.27. The molecule has 28 heavy (non-hydrogen) atoms. The molecule has 0 saturated carbocycles. The van der Waals surface area contributed by atoms with Crippen LogP contribution in [0.4, 0.5) is 0 Å². The third-order valence-electron chi connectivity index (χ3n) is 4.68. The maximum atomic E-state index is 12.7. The minimum Gasteiger partial charge on any atom is -0.444 e. The van der Waals surface area contributed by atoms with Crippen molar-refractivity contribution in [2.45, 2.75) is 50.4 Å². The van der Waals surface area contributed by atoms with Gasteiger partial charge >= 0.3 is 0 Å². The number of hydrogen-bond acceptors (Lipinski definition) is 6. The second kappa shape index (κ2) is 9.06. The maximum absolute atomic E-state index is 12.7. The number of rotatable bonds is 6. The summed E-state index contributed by atoms with van der Waals surface area (Å²) in [6.07, 6.45) is 2.97. The Balaban J connectivity index is 1.55. The summed E-state index contributed by atoms with van der Waals surface area (Å²) < 4.78 is 33.0. The van der Waals surface area contributed by atoms with Crippen LogP contribution in [0.2, 0.25) is 0 Å². The van der Waals surface area contributed by atoms with Crippen LogP contribution in [0.5, 0.6) is 0 Å². The van der Waals surface area contributed by atoms with Crippen LogP contribution in [-0.4, -0.2) is 43.8 Å². The number of piperidine rings is 1. The third-order valence-corrected chi connectivity index (χ3v) is 8.13. The summed E-state index contributed by atoms with van der Waals surface area (Å²) in [5, 5.41) is 6.34. The van der Waals surface area contributed by atoms with E-state index in [0.717, 1.165) is 35.6 Å². The molecule has 1 aliphatic rings. The number of aliphatic imine (C=N–C) groups is 1. The zero-order chi connectivity index (χ0) is 20.1. The Morgan fingerprint density at radius 1 is 1.21 bits per heavy atom. The molecule has 8 nitrogen and oxygen atoms in total. The first-order valence-electron chi connectivity index (χ1n) is 9.36. The van der Waals surface area contributed by atoms with E-state index in [2.05, 4.69) is 20.6 Å². The molecule has 10 heteroatoms. The first-order valence-corrected chi connectivity index (χ1v) is 11.6. The molecule has 3 heterocycles. The summed E-state index contributed by atoms with van der Waals surface area (Å²) in [7, 11) is -1.69. The first-order chi connectivity index (χ1) is 13.4. The molecule has 0 atom stereocenters. The maximum Gasteiger partial charge on any atom is 0.252 e. The van der Waals surface area contributed by atoms with Gasteiger partial charge in [-0.2, -0.15) is 4.31 Å². The van der Waals surface area contributed by atoms with Crippen LogP contribution in [-0.2, 0) is 23.1 Å². The Hall–Kier alpha value is -1.91. The number of aryl methyl sites for hydroxylation is 2. The molecule has 0 bridgehead atoms. The van der Waals surface area contributed by atoms with Crippen LogP contribution in [0.25, 0.3) is 0 Å². The number of hydrogen-bond donors (Lipinski definition) is 2. The molecule has 0 radical (unpaired) electrons. The van der Waals surface area contributed by atoms with Gasteiger partial charge in [-0.1, -0.05) is 6.42 Å². The molecule has 1 fully saturated rings. The van der Waals surface area contributed by atoms with Crippen molar-refractivity contribution in [1.29, 1.82) is 0 Å². The second-order valence-corrected chi connectivity index (χ2v) is 10.0. The van der Waals surface area contributed by atoms with Crippen molar-refractivity contribution < 1.29 is 12.8 Å². The van der Waals surface area contributed by atoms with Crippen molar-refractivity contribution in [3.63, 3.8) is 0 Å². The van der Waals surface area contributed by atoms with Gasteiger partial charge in [-0.25, -0.2) is 13.4 Å². The van der Waals surface area contributed by atoms with Crippen LogP contribution in [0.3, 0.4) is 0 Å². The van der Waals surface area contributed by atoms with Gasteiger partial charge in [0, 0.05) is 25.0 Å². The Morgan fingerprint density at radius 3 is 2.57 bits per heavy atom. The fourth-order valence-electron chi connectivity index (χ4n) is 2.99. The zero-order valence-corrected chi connectivity index (χ0v) is 18.1. The van der Waals surface area contributed by atoms with E-state index in [1.165, 1.54) is 11.3 Å². The predicted octanol–water partition coefficient (Wildman–Crippen LogP) is 2.39. The van der Waals surface area contributed by atoms with Gasteiger partial charge in [-0.05, 0) is 38.8 Å². The Kier molecular flexibility index (Phi) is 6.73. The van der Waals surface area contributed by atoms with E-state index in [-0.39, 0.29) is 0 Å². The van der Waals surface area contributed by atoms with Gasteiger partial charge in [0.15, 0.2) is 5.96 Å². The number of oxazole rings is 1. The monoisotopic (exact) mass is 425 g/mol. The van der Waals surface area contributed by atoms with Gasteiger partial charge in [0.2, 0.25) is 5.89 Å². The highest BCUT2D eigenvalue weighted by Gasteiger charge is 2.27. The average molecular weight is 426 g/mol. The SMILES string of the molecule is CN=C(NCc1nc(C)c(C)o1)NCc1ccc(S(=O)(=O)N2CCCCC2)s1. The molecule has 1 saturated heterocycles. The fraction of sp³-hybridized carbons (Fsp3) is 0.556. The zero-order valence-electron chi connectivity index (χ0n) is 16.5. The van der Waals surface area contributed by atoms with Crippen molar-refractivity contribution >= 4 is 27.3 Å². The Morgan fingerprint density at radius 2 is 1.93 bits per heavy atom. The molecule has 0 spiro atoms. The molecule has 1 aliphatic heterocycles. The minimum atomic E-state index is -3.38. The number of sulfonamides is 1. The molecule has 0 unspecified atom stereocenters. The van der Waals surface area contributed by atoms with Crippen LogP contribution in [0, 0.1) is 13.8 Å². The number of aromatic nitrogens is 1. The van der Waals surface area contributed by atoms with Gasteiger partial charge in [0.05, 0.1) is 18.8 Å². The number of guanidine groups is 1. The lowest BCUT2D eigenvalue weighted by Gasteiger charge is -2.25. The topological polar surface area (TPSA) is 99.8 Å². The summed E-state index contributed by atoms with van der Waals surface area (Å²) >= 11 is 1.30. The summed E-state index contributed by atoms with van der Waals surface area (Å²) in [5.41, 5.74) is 0.876. The lowest BCUT2D eigenvalue weighted by atomic mass is 10.2. The first kappa shape index (κ1) is 20.8. The molecule has 2 aromatic heterocycles. The molecule has 0 aliphatic carbocycles. The average Bonchev–Trinajstić information content (AvgIpc) is 3.30. The molecular formula is C18H27N5O3S2. The van der Waals surface area contributed by atoms with Crippen molar-refractivity contribution in [3.8, 4) is 0 Å².